The van der Waals surface area contributed by atoms with Crippen molar-refractivity contribution in [3.05, 3.63) is 66.2 Å². The van der Waals surface area contributed by atoms with Crippen molar-refractivity contribution in [2.75, 3.05) is 11.9 Å². The van der Waals surface area contributed by atoms with Gasteiger partial charge in [-0.2, -0.15) is 0 Å². The van der Waals surface area contributed by atoms with Gasteiger partial charge in [-0.15, -0.1) is 0 Å². The van der Waals surface area contributed by atoms with Gasteiger partial charge in [0.1, 0.15) is 0 Å². The van der Waals surface area contributed by atoms with Gasteiger partial charge >= 0.3 is 0 Å². The van der Waals surface area contributed by atoms with Gasteiger partial charge in [0.05, 0.1) is 0 Å². The van der Waals surface area contributed by atoms with Crippen molar-refractivity contribution >= 4 is 11.6 Å². The smallest absolute Gasteiger partial charge is 0.225 e. The van der Waals surface area contributed by atoms with Crippen LogP contribution in [-0.2, 0) is 11.2 Å². The highest BCUT2D eigenvalue weighted by molar-refractivity contribution is 5.90. The van der Waals surface area contributed by atoms with E-state index in [9.17, 15) is 4.79 Å². The number of nitrogens with one attached hydrogen (secondary N) is 2. The first kappa shape index (κ1) is 15.3. The zero-order valence-electron chi connectivity index (χ0n) is 12.4. The van der Waals surface area contributed by atoms with Crippen molar-refractivity contribution in [1.29, 1.82) is 0 Å². The number of carbonyl (C=O) groups excluding carboxylic acids is 1. The topological polar surface area (TPSA) is 41.1 Å². The molecule has 3 heteroatoms. The number of amides is 1. The zero-order valence-corrected chi connectivity index (χ0v) is 12.4. The summed E-state index contributed by atoms with van der Waals surface area (Å²) in [5.74, 6) is 0.0425. The van der Waals surface area contributed by atoms with Crippen LogP contribution in [-0.4, -0.2) is 18.5 Å². The largest absolute Gasteiger partial charge is 0.326 e. The van der Waals surface area contributed by atoms with E-state index < -0.39 is 0 Å². The molecule has 0 aromatic heterocycles. The van der Waals surface area contributed by atoms with Crippen LogP contribution in [0.25, 0.3) is 0 Å². The molecule has 2 N–H and O–H groups in total. The Morgan fingerprint density at radius 2 is 1.62 bits per heavy atom. The molecule has 110 valence electrons. The van der Waals surface area contributed by atoms with Crippen molar-refractivity contribution in [2.24, 2.45) is 0 Å². The Morgan fingerprint density at radius 1 is 1.00 bits per heavy atom. The number of hydrogen-bond acceptors (Lipinski definition) is 2. The van der Waals surface area contributed by atoms with E-state index in [1.54, 1.807) is 0 Å². The molecule has 0 bridgehead atoms. The van der Waals surface area contributed by atoms with Crippen molar-refractivity contribution in [2.45, 2.75) is 25.8 Å². The summed E-state index contributed by atoms with van der Waals surface area (Å²) in [6.07, 6.45) is 1.45. The fraction of sp³-hybridized carbons (Fsp3) is 0.278. The van der Waals surface area contributed by atoms with Gasteiger partial charge in [0, 0.05) is 18.2 Å². The number of carbonyl (C=O) groups is 1. The van der Waals surface area contributed by atoms with Gasteiger partial charge < -0.3 is 10.6 Å². The summed E-state index contributed by atoms with van der Waals surface area (Å²) in [4.78, 5) is 11.9. The van der Waals surface area contributed by atoms with Crippen LogP contribution < -0.4 is 10.6 Å². The van der Waals surface area contributed by atoms with Crippen LogP contribution in [0.4, 0.5) is 5.69 Å². The van der Waals surface area contributed by atoms with Crippen LogP contribution >= 0.6 is 0 Å². The average molecular weight is 282 g/mol. The molecule has 2 rings (SSSR count). The summed E-state index contributed by atoms with van der Waals surface area (Å²) in [7, 11) is 0. The molecule has 0 unspecified atom stereocenters. The average Bonchev–Trinajstić information content (AvgIpc) is 2.49. The molecule has 3 nitrogen and oxygen atoms in total. The summed E-state index contributed by atoms with van der Waals surface area (Å²) in [5, 5.41) is 6.29. The molecule has 1 amide bonds. The molecule has 0 spiro atoms. The van der Waals surface area contributed by atoms with Crippen LogP contribution in [0, 0.1) is 0 Å². The Morgan fingerprint density at radius 3 is 2.29 bits per heavy atom. The Kier molecular flexibility index (Phi) is 5.98. The third-order valence-electron chi connectivity index (χ3n) is 3.30. The second-order valence-electron chi connectivity index (χ2n) is 5.21. The van der Waals surface area contributed by atoms with Gasteiger partial charge in [-0.25, -0.2) is 0 Å². The molecule has 0 aliphatic carbocycles. The van der Waals surface area contributed by atoms with Crippen LogP contribution in [0.15, 0.2) is 60.7 Å². The van der Waals surface area contributed by atoms with Crippen LogP contribution in [0.3, 0.4) is 0 Å². The first-order valence-electron chi connectivity index (χ1n) is 7.36. The summed E-state index contributed by atoms with van der Waals surface area (Å²) in [6, 6.07) is 20.1. The highest BCUT2D eigenvalue weighted by atomic mass is 16.1. The van der Waals surface area contributed by atoms with Gasteiger partial charge in [-0.3, -0.25) is 4.79 Å². The monoisotopic (exact) mass is 282 g/mol. The maximum atomic E-state index is 11.9. The van der Waals surface area contributed by atoms with E-state index in [0.29, 0.717) is 6.42 Å². The third kappa shape index (κ3) is 5.79. The second-order valence-corrected chi connectivity index (χ2v) is 5.21. The van der Waals surface area contributed by atoms with E-state index in [4.69, 9.17) is 0 Å². The zero-order chi connectivity index (χ0) is 14.9. The van der Waals surface area contributed by atoms with Gasteiger partial charge in [0.15, 0.2) is 0 Å². The Hall–Kier alpha value is -2.13. The molecule has 1 atom stereocenters. The summed E-state index contributed by atoms with van der Waals surface area (Å²) >= 11 is 0. The lowest BCUT2D eigenvalue weighted by Gasteiger charge is -2.13. The Labute approximate surface area is 126 Å². The first-order valence-corrected chi connectivity index (χ1v) is 7.36. The van der Waals surface area contributed by atoms with Gasteiger partial charge in [0.2, 0.25) is 5.91 Å². The van der Waals surface area contributed by atoms with Crippen molar-refractivity contribution in [3.63, 3.8) is 0 Å². The highest BCUT2D eigenvalue weighted by Gasteiger charge is 2.08. The fourth-order valence-corrected chi connectivity index (χ4v) is 2.19. The van der Waals surface area contributed by atoms with E-state index in [1.165, 1.54) is 5.56 Å². The number of hydrogen-bond donors (Lipinski definition) is 2. The fourth-order valence-electron chi connectivity index (χ4n) is 2.19. The third-order valence-corrected chi connectivity index (χ3v) is 3.30. The Bertz CT molecular complexity index is 540. The molecule has 0 aliphatic heterocycles. The van der Waals surface area contributed by atoms with Crippen molar-refractivity contribution in [3.8, 4) is 0 Å². The van der Waals surface area contributed by atoms with Crippen LogP contribution in [0.1, 0.15) is 18.9 Å². The molecule has 0 heterocycles. The number of rotatable bonds is 7. The number of para-hydroxylation sites is 1. The van der Waals surface area contributed by atoms with Crippen LogP contribution in [0.5, 0.6) is 0 Å². The van der Waals surface area contributed by atoms with E-state index in [0.717, 1.165) is 18.7 Å². The number of anilines is 1. The predicted octanol–water partition coefficient (Wildman–Crippen LogP) is 3.24. The molecule has 2 aromatic rings. The SMILES string of the molecule is C[C@H](CC(=O)Nc1ccccc1)NCCc1ccccc1. The standard InChI is InChI=1S/C18H22N2O/c1-15(19-13-12-16-8-4-2-5-9-16)14-18(21)20-17-10-6-3-7-11-17/h2-11,15,19H,12-14H2,1H3,(H,20,21)/t15-/m1/s1. The molecule has 0 radical (unpaired) electrons. The van der Waals surface area contributed by atoms with E-state index in [2.05, 4.69) is 22.8 Å². The molecule has 0 saturated heterocycles. The normalized spacial score (nSPS) is 11.9. The lowest BCUT2D eigenvalue weighted by molar-refractivity contribution is -0.116. The molecule has 0 aliphatic rings. The highest BCUT2D eigenvalue weighted by Crippen LogP contribution is 2.06. The predicted molar refractivity (Wildman–Crippen MR) is 87.3 cm³/mol. The van der Waals surface area contributed by atoms with Gasteiger partial charge in [-0.05, 0) is 37.6 Å². The van der Waals surface area contributed by atoms with Crippen LogP contribution in [0.2, 0.25) is 0 Å². The lowest BCUT2D eigenvalue weighted by Crippen LogP contribution is -2.32. The lowest BCUT2D eigenvalue weighted by atomic mass is 10.1. The second kappa shape index (κ2) is 8.22. The summed E-state index contributed by atoms with van der Waals surface area (Å²) in [6.45, 7) is 2.92. The van der Waals surface area contributed by atoms with Gasteiger partial charge in [-0.1, -0.05) is 48.5 Å². The molecular weight excluding hydrogens is 260 g/mol. The van der Waals surface area contributed by atoms with E-state index in [1.807, 2.05) is 55.5 Å². The van der Waals surface area contributed by atoms with Crippen molar-refractivity contribution in [1.82, 2.24) is 5.32 Å². The quantitative estimate of drug-likeness (QED) is 0.818. The molecule has 0 saturated carbocycles. The molecule has 21 heavy (non-hydrogen) atoms. The van der Waals surface area contributed by atoms with Crippen molar-refractivity contribution < 1.29 is 4.79 Å². The minimum Gasteiger partial charge on any atom is -0.326 e. The summed E-state index contributed by atoms with van der Waals surface area (Å²) in [5.41, 5.74) is 2.16. The maximum absolute atomic E-state index is 11.9. The minimum absolute atomic E-state index is 0.0425. The van der Waals surface area contributed by atoms with E-state index >= 15 is 0 Å². The first-order chi connectivity index (χ1) is 10.2. The number of benzene rings is 2. The Balaban J connectivity index is 1.67. The molecule has 0 fully saturated rings. The molecule has 2 aromatic carbocycles. The maximum Gasteiger partial charge on any atom is 0.225 e. The minimum atomic E-state index is 0.0425. The summed E-state index contributed by atoms with van der Waals surface area (Å²) < 4.78 is 0. The van der Waals surface area contributed by atoms with E-state index in [-0.39, 0.29) is 11.9 Å². The molecular formula is C18H22N2O. The van der Waals surface area contributed by atoms with Gasteiger partial charge in [0.25, 0.3) is 0 Å².